The van der Waals surface area contributed by atoms with Crippen molar-refractivity contribution in [3.05, 3.63) is 30.1 Å². The van der Waals surface area contributed by atoms with Gasteiger partial charge in [0.2, 0.25) is 0 Å². The van der Waals surface area contributed by atoms with Crippen LogP contribution in [0.4, 0.5) is 4.39 Å². The minimum absolute atomic E-state index is 0. The van der Waals surface area contributed by atoms with Gasteiger partial charge in [-0.15, -0.1) is 24.0 Å². The van der Waals surface area contributed by atoms with Gasteiger partial charge in [-0.25, -0.2) is 4.39 Å². The first-order chi connectivity index (χ1) is 12.7. The van der Waals surface area contributed by atoms with Crippen LogP contribution in [-0.2, 0) is 0 Å². The van der Waals surface area contributed by atoms with Crippen LogP contribution in [0.3, 0.4) is 0 Å². The number of hydrogen-bond acceptors (Lipinski definition) is 3. The first kappa shape index (κ1) is 23.9. The van der Waals surface area contributed by atoms with Crippen molar-refractivity contribution >= 4 is 29.9 Å². The lowest BCUT2D eigenvalue weighted by Gasteiger charge is -2.20. The van der Waals surface area contributed by atoms with Gasteiger partial charge in [0.05, 0.1) is 6.54 Å². The first-order valence-corrected chi connectivity index (χ1v) is 9.80. The molecule has 0 aliphatic carbocycles. The monoisotopic (exact) mass is 492 g/mol. The third-order valence-electron chi connectivity index (χ3n) is 4.67. The maximum Gasteiger partial charge on any atom is 0.191 e. The number of nitrogens with one attached hydrogen (secondary N) is 2. The van der Waals surface area contributed by atoms with Gasteiger partial charge in [0, 0.05) is 19.7 Å². The summed E-state index contributed by atoms with van der Waals surface area (Å²) in [5, 5.41) is 6.65. The molecule has 0 aromatic heterocycles. The Labute approximate surface area is 180 Å². The van der Waals surface area contributed by atoms with E-state index in [0.29, 0.717) is 12.3 Å². The second-order valence-electron chi connectivity index (χ2n) is 6.74. The Morgan fingerprint density at radius 2 is 2.04 bits per heavy atom. The van der Waals surface area contributed by atoms with Crippen LogP contribution in [0.15, 0.2) is 29.3 Å². The van der Waals surface area contributed by atoms with E-state index < -0.39 is 0 Å². The van der Waals surface area contributed by atoms with Crippen LogP contribution < -0.4 is 15.4 Å². The number of nitrogens with zero attached hydrogens (tertiary/aromatic N) is 2. The normalized spacial score (nSPS) is 15.9. The second-order valence-corrected chi connectivity index (χ2v) is 6.74. The molecule has 2 N–H and O–H groups in total. The number of rotatable bonds is 10. The lowest BCUT2D eigenvalue weighted by molar-refractivity contribution is 0.199. The molecule has 1 aliphatic rings. The van der Waals surface area contributed by atoms with Crippen molar-refractivity contribution in [1.29, 1.82) is 0 Å². The number of guanidine groups is 1. The number of benzene rings is 1. The van der Waals surface area contributed by atoms with Crippen LogP contribution in [0.5, 0.6) is 5.75 Å². The van der Waals surface area contributed by atoms with Gasteiger partial charge in [-0.1, -0.05) is 13.0 Å². The summed E-state index contributed by atoms with van der Waals surface area (Å²) in [4.78, 5) is 6.80. The number of ether oxygens (including phenoxy) is 1. The highest BCUT2D eigenvalue weighted by Crippen LogP contribution is 2.14. The quantitative estimate of drug-likeness (QED) is 0.227. The molecule has 1 aromatic rings. The lowest BCUT2D eigenvalue weighted by atomic mass is 10.2. The van der Waals surface area contributed by atoms with Crippen LogP contribution in [0.1, 0.15) is 39.0 Å². The third kappa shape index (κ3) is 9.60. The number of hydrogen-bond donors (Lipinski definition) is 2. The Morgan fingerprint density at radius 3 is 2.70 bits per heavy atom. The molecule has 0 radical (unpaired) electrons. The van der Waals surface area contributed by atoms with Crippen molar-refractivity contribution in [2.24, 2.45) is 4.99 Å². The topological polar surface area (TPSA) is 48.9 Å². The fourth-order valence-corrected chi connectivity index (χ4v) is 3.11. The average Bonchev–Trinajstić information content (AvgIpc) is 3.16. The van der Waals surface area contributed by atoms with Crippen molar-refractivity contribution < 1.29 is 9.13 Å². The van der Waals surface area contributed by atoms with Gasteiger partial charge in [-0.05, 0) is 63.9 Å². The molecule has 1 fully saturated rings. The standard InChI is InChI=1S/C20H33FN4O.HI/c1-3-18(26-19-10-8-9-17(21)15-19)16-24-20(22-2)23-11-4-5-12-25-13-6-7-14-25;/h8-10,15,18H,3-7,11-14,16H2,1-2H3,(H2,22,23,24);1H. The molecule has 1 unspecified atom stereocenters. The molecular formula is C20H34FIN4O. The van der Waals surface area contributed by atoms with Crippen LogP contribution >= 0.6 is 24.0 Å². The Morgan fingerprint density at radius 1 is 1.26 bits per heavy atom. The number of halogens is 2. The molecular weight excluding hydrogens is 458 g/mol. The molecule has 1 heterocycles. The number of unbranched alkanes of at least 4 members (excludes halogenated alkanes) is 1. The molecule has 5 nitrogen and oxygen atoms in total. The highest BCUT2D eigenvalue weighted by Gasteiger charge is 2.11. The van der Waals surface area contributed by atoms with E-state index in [1.165, 1.54) is 51.0 Å². The average molecular weight is 492 g/mol. The summed E-state index contributed by atoms with van der Waals surface area (Å²) in [6, 6.07) is 6.27. The van der Waals surface area contributed by atoms with Crippen molar-refractivity contribution in [1.82, 2.24) is 15.5 Å². The maximum atomic E-state index is 13.3. The Bertz CT molecular complexity index is 553. The summed E-state index contributed by atoms with van der Waals surface area (Å²) >= 11 is 0. The highest BCUT2D eigenvalue weighted by molar-refractivity contribution is 14.0. The Balaban J connectivity index is 0.00000364. The summed E-state index contributed by atoms with van der Waals surface area (Å²) in [7, 11) is 1.77. The molecule has 0 amide bonds. The van der Waals surface area contributed by atoms with Crippen molar-refractivity contribution in [2.45, 2.75) is 45.1 Å². The fourth-order valence-electron chi connectivity index (χ4n) is 3.11. The second kappa shape index (κ2) is 14.0. The minimum atomic E-state index is -0.281. The number of aliphatic imine (C=N–C) groups is 1. The molecule has 0 bridgehead atoms. The van der Waals surface area contributed by atoms with Crippen LogP contribution in [0, 0.1) is 5.82 Å². The van der Waals surface area contributed by atoms with Gasteiger partial charge >= 0.3 is 0 Å². The molecule has 1 aromatic carbocycles. The zero-order valence-electron chi connectivity index (χ0n) is 16.5. The molecule has 1 saturated heterocycles. The Kier molecular flexibility index (Phi) is 12.4. The van der Waals surface area contributed by atoms with Crippen LogP contribution in [0.2, 0.25) is 0 Å². The molecule has 2 rings (SSSR count). The van der Waals surface area contributed by atoms with E-state index in [2.05, 4.69) is 27.4 Å². The van der Waals surface area contributed by atoms with Gasteiger partial charge < -0.3 is 20.3 Å². The van der Waals surface area contributed by atoms with E-state index in [1.54, 1.807) is 19.2 Å². The summed E-state index contributed by atoms with van der Waals surface area (Å²) < 4.78 is 19.1. The number of likely N-dealkylation sites (tertiary alicyclic amines) is 1. The van der Waals surface area contributed by atoms with Gasteiger partial charge in [-0.2, -0.15) is 0 Å². The smallest absolute Gasteiger partial charge is 0.191 e. The van der Waals surface area contributed by atoms with E-state index in [-0.39, 0.29) is 35.9 Å². The predicted octanol–water partition coefficient (Wildman–Crippen LogP) is 3.64. The van der Waals surface area contributed by atoms with Gasteiger partial charge in [0.15, 0.2) is 5.96 Å². The molecule has 7 heteroatoms. The van der Waals surface area contributed by atoms with E-state index >= 15 is 0 Å². The summed E-state index contributed by atoms with van der Waals surface area (Å²) in [5.41, 5.74) is 0. The van der Waals surface area contributed by atoms with E-state index in [4.69, 9.17) is 4.74 Å². The van der Waals surface area contributed by atoms with Crippen molar-refractivity contribution in [3.63, 3.8) is 0 Å². The first-order valence-electron chi connectivity index (χ1n) is 9.80. The SMILES string of the molecule is CCC(CNC(=NC)NCCCCN1CCCC1)Oc1cccc(F)c1.I. The molecule has 0 saturated carbocycles. The van der Waals surface area contributed by atoms with Gasteiger partial charge in [0.1, 0.15) is 17.7 Å². The zero-order chi connectivity index (χ0) is 18.6. The lowest BCUT2D eigenvalue weighted by Crippen LogP contribution is -2.42. The maximum absolute atomic E-state index is 13.3. The summed E-state index contributed by atoms with van der Waals surface area (Å²) in [6.07, 6.45) is 5.84. The highest BCUT2D eigenvalue weighted by atomic mass is 127. The molecule has 0 spiro atoms. The molecule has 154 valence electrons. The largest absolute Gasteiger partial charge is 0.489 e. The van der Waals surface area contributed by atoms with E-state index in [9.17, 15) is 4.39 Å². The van der Waals surface area contributed by atoms with E-state index in [0.717, 1.165) is 25.3 Å². The van der Waals surface area contributed by atoms with Gasteiger partial charge in [0.25, 0.3) is 0 Å². The third-order valence-corrected chi connectivity index (χ3v) is 4.67. The molecule has 27 heavy (non-hydrogen) atoms. The fraction of sp³-hybridized carbons (Fsp3) is 0.650. The predicted molar refractivity (Wildman–Crippen MR) is 121 cm³/mol. The van der Waals surface area contributed by atoms with Crippen molar-refractivity contribution in [3.8, 4) is 5.75 Å². The van der Waals surface area contributed by atoms with Crippen molar-refractivity contribution in [2.75, 3.05) is 39.8 Å². The van der Waals surface area contributed by atoms with Crippen LogP contribution in [0.25, 0.3) is 0 Å². The van der Waals surface area contributed by atoms with E-state index in [1.807, 2.05) is 0 Å². The van der Waals surface area contributed by atoms with Gasteiger partial charge in [-0.3, -0.25) is 4.99 Å². The summed E-state index contributed by atoms with van der Waals surface area (Å²) in [6.45, 7) is 7.32. The summed E-state index contributed by atoms with van der Waals surface area (Å²) in [5.74, 6) is 1.06. The van der Waals surface area contributed by atoms with Crippen LogP contribution in [-0.4, -0.2) is 56.7 Å². The zero-order valence-corrected chi connectivity index (χ0v) is 18.9. The molecule has 1 aliphatic heterocycles. The Hall–Kier alpha value is -1.09. The minimum Gasteiger partial charge on any atom is -0.489 e. The molecule has 1 atom stereocenters.